The molecule has 1 aromatic rings. The van der Waals surface area contributed by atoms with Crippen LogP contribution >= 0.6 is 11.3 Å². The normalized spacial score (nSPS) is 16.2. The van der Waals surface area contributed by atoms with Crippen LogP contribution in [0.25, 0.3) is 0 Å². The number of likely N-dealkylation sites (tertiary alicyclic amines) is 1. The van der Waals surface area contributed by atoms with Crippen molar-refractivity contribution in [2.75, 3.05) is 19.7 Å². The second-order valence-electron chi connectivity index (χ2n) is 5.21. The van der Waals surface area contributed by atoms with Gasteiger partial charge in [-0.1, -0.05) is 6.92 Å². The van der Waals surface area contributed by atoms with Crippen molar-refractivity contribution in [1.29, 1.82) is 0 Å². The monoisotopic (exact) mass is 297 g/mol. The number of carboxylic acids is 1. The van der Waals surface area contributed by atoms with Crippen molar-refractivity contribution >= 4 is 23.2 Å². The van der Waals surface area contributed by atoms with Gasteiger partial charge in [0.2, 0.25) is 0 Å². The Morgan fingerprint density at radius 3 is 2.70 bits per heavy atom. The minimum absolute atomic E-state index is 0.0721. The number of carbonyl (C=O) groups is 2. The van der Waals surface area contributed by atoms with Crippen LogP contribution in [0.1, 0.15) is 34.3 Å². The van der Waals surface area contributed by atoms with Crippen molar-refractivity contribution in [3.05, 3.63) is 15.8 Å². The van der Waals surface area contributed by atoms with Gasteiger partial charge in [-0.15, -0.1) is 11.3 Å². The summed E-state index contributed by atoms with van der Waals surface area (Å²) in [6.07, 6.45) is 2.04. The summed E-state index contributed by atoms with van der Waals surface area (Å²) in [7, 11) is 0. The minimum Gasteiger partial charge on any atom is -0.482 e. The second kappa shape index (κ2) is 6.26. The van der Waals surface area contributed by atoms with Crippen molar-refractivity contribution < 1.29 is 19.4 Å². The fourth-order valence-electron chi connectivity index (χ4n) is 2.24. The van der Waals surface area contributed by atoms with Gasteiger partial charge in [0, 0.05) is 18.0 Å². The van der Waals surface area contributed by atoms with Gasteiger partial charge in [0.05, 0.1) is 0 Å². The van der Waals surface area contributed by atoms with E-state index in [9.17, 15) is 9.59 Å². The lowest BCUT2D eigenvalue weighted by Gasteiger charge is -2.30. The molecule has 1 amide bonds. The Morgan fingerprint density at radius 2 is 2.10 bits per heavy atom. The number of piperidine rings is 1. The topological polar surface area (TPSA) is 66.8 Å². The van der Waals surface area contributed by atoms with Crippen LogP contribution in [-0.4, -0.2) is 41.6 Å². The molecule has 2 heterocycles. The van der Waals surface area contributed by atoms with E-state index >= 15 is 0 Å². The molecule has 1 aliphatic heterocycles. The molecule has 20 heavy (non-hydrogen) atoms. The molecule has 1 aromatic heterocycles. The van der Waals surface area contributed by atoms with Crippen LogP contribution in [0, 0.1) is 12.8 Å². The molecular formula is C14H19NO4S. The Bertz CT molecular complexity index is 503. The summed E-state index contributed by atoms with van der Waals surface area (Å²) >= 11 is 1.16. The first-order valence-electron chi connectivity index (χ1n) is 6.71. The van der Waals surface area contributed by atoms with Crippen LogP contribution in [0.5, 0.6) is 5.75 Å². The number of hydrogen-bond acceptors (Lipinski definition) is 4. The molecule has 6 heteroatoms. The zero-order valence-electron chi connectivity index (χ0n) is 11.7. The highest BCUT2D eigenvalue weighted by molar-refractivity contribution is 7.14. The summed E-state index contributed by atoms with van der Waals surface area (Å²) < 4.78 is 5.40. The molecule has 0 radical (unpaired) electrons. The Kier molecular flexibility index (Phi) is 4.65. The SMILES string of the molecule is Cc1cc(OCC(=O)N2CCC(C)CC2)c(C(=O)O)s1. The van der Waals surface area contributed by atoms with Crippen LogP contribution in [0.4, 0.5) is 0 Å². The maximum absolute atomic E-state index is 12.0. The third kappa shape index (κ3) is 3.50. The van der Waals surface area contributed by atoms with Crippen LogP contribution in [-0.2, 0) is 4.79 Å². The predicted molar refractivity (Wildman–Crippen MR) is 76.5 cm³/mol. The van der Waals surface area contributed by atoms with Crippen molar-refractivity contribution in [3.8, 4) is 5.75 Å². The lowest BCUT2D eigenvalue weighted by molar-refractivity contribution is -0.134. The summed E-state index contributed by atoms with van der Waals surface area (Å²) in [5.74, 6) is -0.133. The summed E-state index contributed by atoms with van der Waals surface area (Å²) in [5.41, 5.74) is 0. The van der Waals surface area contributed by atoms with Crippen LogP contribution in [0.3, 0.4) is 0 Å². The number of aryl methyl sites for hydroxylation is 1. The van der Waals surface area contributed by atoms with Crippen molar-refractivity contribution in [3.63, 3.8) is 0 Å². The van der Waals surface area contributed by atoms with E-state index < -0.39 is 5.97 Å². The van der Waals surface area contributed by atoms with E-state index in [-0.39, 0.29) is 17.4 Å². The van der Waals surface area contributed by atoms with Gasteiger partial charge >= 0.3 is 5.97 Å². The zero-order valence-corrected chi connectivity index (χ0v) is 12.5. The van der Waals surface area contributed by atoms with E-state index in [0.717, 1.165) is 42.1 Å². The maximum atomic E-state index is 12.0. The van der Waals surface area contributed by atoms with Gasteiger partial charge in [0.1, 0.15) is 5.75 Å². The van der Waals surface area contributed by atoms with Gasteiger partial charge in [0.25, 0.3) is 5.91 Å². The summed E-state index contributed by atoms with van der Waals surface area (Å²) in [5, 5.41) is 9.06. The minimum atomic E-state index is -1.02. The molecule has 1 aliphatic rings. The molecule has 0 atom stereocenters. The summed E-state index contributed by atoms with van der Waals surface area (Å²) in [6, 6.07) is 1.67. The van der Waals surface area contributed by atoms with Crippen LogP contribution in [0.2, 0.25) is 0 Å². The molecule has 0 bridgehead atoms. The molecule has 0 aromatic carbocycles. The number of thiophene rings is 1. The van der Waals surface area contributed by atoms with Gasteiger partial charge in [0.15, 0.2) is 11.5 Å². The highest BCUT2D eigenvalue weighted by Gasteiger charge is 2.22. The first-order chi connectivity index (χ1) is 9.47. The number of carbonyl (C=O) groups excluding carboxylic acids is 1. The number of amides is 1. The number of ether oxygens (including phenoxy) is 1. The Balaban J connectivity index is 1.92. The van der Waals surface area contributed by atoms with Gasteiger partial charge in [-0.3, -0.25) is 4.79 Å². The number of nitrogens with zero attached hydrogens (tertiary/aromatic N) is 1. The number of hydrogen-bond donors (Lipinski definition) is 1. The van der Waals surface area contributed by atoms with Gasteiger partial charge in [-0.25, -0.2) is 4.79 Å². The molecule has 1 saturated heterocycles. The first kappa shape index (κ1) is 14.8. The van der Waals surface area contributed by atoms with Crippen molar-refractivity contribution in [1.82, 2.24) is 4.90 Å². The maximum Gasteiger partial charge on any atom is 0.349 e. The molecule has 1 fully saturated rings. The van der Waals surface area contributed by atoms with E-state index in [1.54, 1.807) is 11.0 Å². The average molecular weight is 297 g/mol. The lowest BCUT2D eigenvalue weighted by atomic mass is 9.99. The number of carboxylic acid groups (broad SMARTS) is 1. The first-order valence-corrected chi connectivity index (χ1v) is 7.53. The molecule has 0 aliphatic carbocycles. The van der Waals surface area contributed by atoms with E-state index in [0.29, 0.717) is 11.7 Å². The van der Waals surface area contributed by atoms with Crippen molar-refractivity contribution in [2.45, 2.75) is 26.7 Å². The number of aromatic carboxylic acids is 1. The molecular weight excluding hydrogens is 278 g/mol. The predicted octanol–water partition coefficient (Wildman–Crippen LogP) is 2.39. The highest BCUT2D eigenvalue weighted by Crippen LogP contribution is 2.29. The van der Waals surface area contributed by atoms with Gasteiger partial charge in [-0.2, -0.15) is 0 Å². The summed E-state index contributed by atoms with van der Waals surface area (Å²) in [6.45, 7) is 5.43. The third-order valence-corrected chi connectivity index (χ3v) is 4.52. The van der Waals surface area contributed by atoms with Gasteiger partial charge in [-0.05, 0) is 31.7 Å². The van der Waals surface area contributed by atoms with Crippen LogP contribution in [0.15, 0.2) is 6.07 Å². The van der Waals surface area contributed by atoms with E-state index in [4.69, 9.17) is 9.84 Å². The van der Waals surface area contributed by atoms with E-state index in [1.807, 2.05) is 6.92 Å². The van der Waals surface area contributed by atoms with Crippen LogP contribution < -0.4 is 4.74 Å². The molecule has 2 rings (SSSR count). The van der Waals surface area contributed by atoms with E-state index in [1.165, 1.54) is 0 Å². The second-order valence-corrected chi connectivity index (χ2v) is 6.46. The molecule has 1 N–H and O–H groups in total. The third-order valence-electron chi connectivity index (χ3n) is 3.50. The highest BCUT2D eigenvalue weighted by atomic mass is 32.1. The molecule has 110 valence electrons. The fraction of sp³-hybridized carbons (Fsp3) is 0.571. The average Bonchev–Trinajstić information content (AvgIpc) is 2.78. The largest absolute Gasteiger partial charge is 0.482 e. The molecule has 5 nitrogen and oxygen atoms in total. The lowest BCUT2D eigenvalue weighted by Crippen LogP contribution is -2.40. The smallest absolute Gasteiger partial charge is 0.349 e. The Labute approximate surface area is 122 Å². The number of rotatable bonds is 4. The zero-order chi connectivity index (χ0) is 14.7. The van der Waals surface area contributed by atoms with Crippen molar-refractivity contribution in [2.24, 2.45) is 5.92 Å². The Hall–Kier alpha value is -1.56. The van der Waals surface area contributed by atoms with Gasteiger partial charge < -0.3 is 14.7 Å². The van der Waals surface area contributed by atoms with E-state index in [2.05, 4.69) is 6.92 Å². The fourth-order valence-corrected chi connectivity index (χ4v) is 3.03. The molecule has 0 saturated carbocycles. The molecule has 0 spiro atoms. The summed E-state index contributed by atoms with van der Waals surface area (Å²) in [4.78, 5) is 25.9. The standard InChI is InChI=1S/C14H19NO4S/c1-9-3-5-15(6-4-9)12(16)8-19-11-7-10(2)20-13(11)14(17)18/h7,9H,3-6,8H2,1-2H3,(H,17,18). The quantitative estimate of drug-likeness (QED) is 0.926. The molecule has 0 unspecified atom stereocenters. The Morgan fingerprint density at radius 1 is 1.45 bits per heavy atom.